The van der Waals surface area contributed by atoms with E-state index in [1.165, 1.54) is 50.5 Å². The van der Waals surface area contributed by atoms with Crippen molar-refractivity contribution in [3.63, 3.8) is 0 Å². The zero-order chi connectivity index (χ0) is 21.7. The fourth-order valence-corrected chi connectivity index (χ4v) is 3.35. The Hall–Kier alpha value is -1.86. The Balaban J connectivity index is 2.00. The minimum Gasteiger partial charge on any atom is -0.493 e. The molecule has 0 aliphatic rings. The number of hydrogen-bond acceptors (Lipinski definition) is 6. The summed E-state index contributed by atoms with van der Waals surface area (Å²) in [6, 6.07) is 8.28. The molecule has 0 radical (unpaired) electrons. The third kappa shape index (κ3) is 15.0. The van der Waals surface area contributed by atoms with Gasteiger partial charge in [0.15, 0.2) is 0 Å². The van der Waals surface area contributed by atoms with Crippen molar-refractivity contribution >= 4 is 0 Å². The van der Waals surface area contributed by atoms with E-state index in [-0.39, 0.29) is 6.61 Å². The van der Waals surface area contributed by atoms with Gasteiger partial charge in [-0.15, -0.1) is 10.1 Å². The summed E-state index contributed by atoms with van der Waals surface area (Å²) in [6.07, 6.45) is 13.5. The molecule has 30 heavy (non-hydrogen) atoms. The van der Waals surface area contributed by atoms with E-state index < -0.39 is 5.09 Å². The number of ether oxygens (including phenoxy) is 1. The molecule has 0 aromatic heterocycles. The van der Waals surface area contributed by atoms with E-state index in [0.29, 0.717) is 0 Å². The maximum Gasteiger partial charge on any atom is 0.294 e. The molecule has 1 rings (SSSR count). The van der Waals surface area contributed by atoms with Crippen LogP contribution in [0.5, 0.6) is 5.75 Å². The molecule has 0 spiro atoms. The maximum absolute atomic E-state index is 10.0. The predicted octanol–water partition coefficient (Wildman–Crippen LogP) is 5.00. The van der Waals surface area contributed by atoms with Crippen LogP contribution in [0, 0.1) is 10.1 Å². The smallest absolute Gasteiger partial charge is 0.294 e. The van der Waals surface area contributed by atoms with Crippen LogP contribution >= 0.6 is 0 Å². The zero-order valence-electron chi connectivity index (χ0n) is 18.5. The second-order valence-corrected chi connectivity index (χ2v) is 7.72. The van der Waals surface area contributed by atoms with E-state index in [2.05, 4.69) is 28.4 Å². The lowest BCUT2D eigenvalue weighted by atomic mass is 10.1. The van der Waals surface area contributed by atoms with Crippen LogP contribution in [0.25, 0.3) is 0 Å². The Kier molecular flexibility index (Phi) is 16.7. The summed E-state index contributed by atoms with van der Waals surface area (Å²) >= 11 is 0. The molecular formula is C23H41N3O4. The average Bonchev–Trinajstić information content (AvgIpc) is 2.74. The quantitative estimate of drug-likeness (QED) is 0.164. The third-order valence-electron chi connectivity index (χ3n) is 5.09. The molecule has 0 aliphatic heterocycles. The van der Waals surface area contributed by atoms with Gasteiger partial charge < -0.3 is 20.6 Å². The number of nitrogens with two attached hydrogens (primary N) is 1. The maximum atomic E-state index is 10.0. The highest BCUT2D eigenvalue weighted by atomic mass is 16.9. The van der Waals surface area contributed by atoms with Crippen LogP contribution in [0.4, 0.5) is 0 Å². The molecule has 0 aliphatic carbocycles. The number of hydrogen-bond donors (Lipinski definition) is 2. The van der Waals surface area contributed by atoms with Gasteiger partial charge in [0, 0.05) is 12.1 Å². The SMILES string of the molecule is NCCCCCCNCc1ccccc1OCCCCCCCCCCO[N+](=O)[O-]. The van der Waals surface area contributed by atoms with Crippen molar-refractivity contribution in [2.24, 2.45) is 5.73 Å². The molecule has 0 saturated carbocycles. The Bertz CT molecular complexity index is 543. The molecule has 0 saturated heterocycles. The molecular weight excluding hydrogens is 382 g/mol. The summed E-state index contributed by atoms with van der Waals surface area (Å²) in [4.78, 5) is 14.3. The number of rotatable bonds is 21. The largest absolute Gasteiger partial charge is 0.493 e. The number of nitrogens with one attached hydrogen (secondary N) is 1. The van der Waals surface area contributed by atoms with E-state index in [0.717, 1.165) is 64.1 Å². The molecule has 0 bridgehead atoms. The van der Waals surface area contributed by atoms with Crippen molar-refractivity contribution in [2.75, 3.05) is 26.3 Å². The van der Waals surface area contributed by atoms with Crippen LogP contribution in [-0.2, 0) is 11.4 Å². The summed E-state index contributed by atoms with van der Waals surface area (Å²) in [7, 11) is 0. The van der Waals surface area contributed by atoms with Crippen molar-refractivity contribution in [3.05, 3.63) is 39.9 Å². The van der Waals surface area contributed by atoms with Gasteiger partial charge in [-0.2, -0.15) is 0 Å². The summed E-state index contributed by atoms with van der Waals surface area (Å²) in [5.74, 6) is 0.991. The summed E-state index contributed by atoms with van der Waals surface area (Å²) in [5.41, 5.74) is 6.74. The second-order valence-electron chi connectivity index (χ2n) is 7.72. The van der Waals surface area contributed by atoms with Gasteiger partial charge >= 0.3 is 0 Å². The Morgan fingerprint density at radius 3 is 2.13 bits per heavy atom. The molecule has 1 aromatic rings. The van der Waals surface area contributed by atoms with Crippen molar-refractivity contribution in [2.45, 2.75) is 83.6 Å². The highest BCUT2D eigenvalue weighted by Gasteiger charge is 2.03. The zero-order valence-corrected chi connectivity index (χ0v) is 18.5. The normalized spacial score (nSPS) is 10.8. The standard InChI is InChI=1S/C23H41N3O4/c24-17-11-5-6-12-18-25-21-22-15-9-10-16-23(22)29-19-13-7-3-1-2-4-8-14-20-30-26(27)28/h9-10,15-16,25H,1-8,11-14,17-21,24H2. The third-order valence-corrected chi connectivity index (χ3v) is 5.09. The lowest BCUT2D eigenvalue weighted by molar-refractivity contribution is -0.757. The van der Waals surface area contributed by atoms with Gasteiger partial charge in [-0.05, 0) is 44.8 Å². The molecule has 7 heteroatoms. The molecule has 0 fully saturated rings. The van der Waals surface area contributed by atoms with Crippen LogP contribution < -0.4 is 15.8 Å². The van der Waals surface area contributed by atoms with Gasteiger partial charge in [0.2, 0.25) is 0 Å². The molecule has 0 amide bonds. The summed E-state index contributed by atoms with van der Waals surface area (Å²) in [6.45, 7) is 3.65. The summed E-state index contributed by atoms with van der Waals surface area (Å²) in [5, 5.41) is 12.8. The Labute approximate surface area is 181 Å². The molecule has 0 heterocycles. The summed E-state index contributed by atoms with van der Waals surface area (Å²) < 4.78 is 6.02. The first-order chi connectivity index (χ1) is 14.7. The van der Waals surface area contributed by atoms with Crippen LogP contribution in [0.15, 0.2) is 24.3 Å². The highest BCUT2D eigenvalue weighted by molar-refractivity contribution is 5.33. The van der Waals surface area contributed by atoms with Crippen LogP contribution in [0.2, 0.25) is 0 Å². The van der Waals surface area contributed by atoms with E-state index in [9.17, 15) is 10.1 Å². The molecule has 0 unspecified atom stereocenters. The average molecular weight is 424 g/mol. The second kappa shape index (κ2) is 19.1. The lowest BCUT2D eigenvalue weighted by Crippen LogP contribution is -2.15. The number of para-hydroxylation sites is 1. The van der Waals surface area contributed by atoms with E-state index in [4.69, 9.17) is 10.5 Å². The van der Waals surface area contributed by atoms with E-state index in [1.54, 1.807) is 0 Å². The lowest BCUT2D eigenvalue weighted by Gasteiger charge is -2.12. The molecule has 7 nitrogen and oxygen atoms in total. The Morgan fingerprint density at radius 2 is 1.43 bits per heavy atom. The van der Waals surface area contributed by atoms with E-state index >= 15 is 0 Å². The van der Waals surface area contributed by atoms with Gasteiger partial charge in [-0.3, -0.25) is 0 Å². The van der Waals surface area contributed by atoms with Crippen molar-refractivity contribution in [1.82, 2.24) is 5.32 Å². The minimum atomic E-state index is -0.719. The monoisotopic (exact) mass is 423 g/mol. The van der Waals surface area contributed by atoms with E-state index in [1.807, 2.05) is 6.07 Å². The molecule has 3 N–H and O–H groups in total. The Morgan fingerprint density at radius 1 is 0.833 bits per heavy atom. The number of nitrogens with zero attached hydrogens (tertiary/aromatic N) is 1. The van der Waals surface area contributed by atoms with Gasteiger partial charge in [0.1, 0.15) is 5.75 Å². The highest BCUT2D eigenvalue weighted by Crippen LogP contribution is 2.18. The molecule has 0 atom stereocenters. The minimum absolute atomic E-state index is 0.218. The fourth-order valence-electron chi connectivity index (χ4n) is 3.35. The first-order valence-electron chi connectivity index (χ1n) is 11.6. The predicted molar refractivity (Wildman–Crippen MR) is 121 cm³/mol. The van der Waals surface area contributed by atoms with Gasteiger partial charge in [-0.25, -0.2) is 0 Å². The fraction of sp³-hybridized carbons (Fsp3) is 0.739. The first kappa shape index (κ1) is 26.2. The first-order valence-corrected chi connectivity index (χ1v) is 11.6. The number of benzene rings is 1. The van der Waals surface area contributed by atoms with Crippen molar-refractivity contribution in [3.8, 4) is 5.75 Å². The van der Waals surface area contributed by atoms with Gasteiger partial charge in [-0.1, -0.05) is 69.6 Å². The van der Waals surface area contributed by atoms with Gasteiger partial charge in [0.25, 0.3) is 5.09 Å². The van der Waals surface area contributed by atoms with Crippen LogP contribution in [0.3, 0.4) is 0 Å². The van der Waals surface area contributed by atoms with Crippen LogP contribution in [-0.4, -0.2) is 31.4 Å². The van der Waals surface area contributed by atoms with Gasteiger partial charge in [0.05, 0.1) is 13.2 Å². The molecule has 1 aromatic carbocycles. The van der Waals surface area contributed by atoms with Crippen molar-refractivity contribution < 1.29 is 14.7 Å². The molecule has 172 valence electrons. The topological polar surface area (TPSA) is 99.7 Å². The van der Waals surface area contributed by atoms with Crippen molar-refractivity contribution in [1.29, 1.82) is 0 Å². The van der Waals surface area contributed by atoms with Crippen LogP contribution in [0.1, 0.15) is 82.6 Å². The number of unbranched alkanes of at least 4 members (excludes halogenated alkanes) is 10.